The highest BCUT2D eigenvalue weighted by Gasteiger charge is 2.13. The van der Waals surface area contributed by atoms with Crippen LogP contribution in [0.4, 0.5) is 8.78 Å². The Kier molecular flexibility index (Phi) is 4.27. The van der Waals surface area contributed by atoms with E-state index in [-0.39, 0.29) is 5.56 Å². The molecule has 0 bridgehead atoms. The van der Waals surface area contributed by atoms with Gasteiger partial charge in [-0.05, 0) is 42.3 Å². The molecule has 1 nitrogen and oxygen atoms in total. The minimum atomic E-state index is -0.525. The lowest BCUT2D eigenvalue weighted by atomic mass is 9.97. The van der Waals surface area contributed by atoms with Crippen molar-refractivity contribution in [3.63, 3.8) is 0 Å². The van der Waals surface area contributed by atoms with Crippen LogP contribution in [0.25, 0.3) is 11.1 Å². The zero-order chi connectivity index (χ0) is 13.8. The number of nitrogens with one attached hydrogen (secondary N) is 1. The fourth-order valence-electron chi connectivity index (χ4n) is 2.14. The van der Waals surface area contributed by atoms with E-state index >= 15 is 0 Å². The average molecular weight is 261 g/mol. The number of rotatable bonds is 4. The van der Waals surface area contributed by atoms with Crippen molar-refractivity contribution in [1.29, 1.82) is 0 Å². The second kappa shape index (κ2) is 5.93. The van der Waals surface area contributed by atoms with E-state index < -0.39 is 11.6 Å². The summed E-state index contributed by atoms with van der Waals surface area (Å²) in [4.78, 5) is 0. The predicted octanol–water partition coefficient (Wildman–Crippen LogP) is 4.05. The maximum atomic E-state index is 13.8. The van der Waals surface area contributed by atoms with E-state index in [0.717, 1.165) is 24.2 Å². The van der Waals surface area contributed by atoms with Crippen molar-refractivity contribution in [3.05, 3.63) is 59.2 Å². The van der Waals surface area contributed by atoms with Crippen molar-refractivity contribution < 1.29 is 8.78 Å². The molecule has 0 heterocycles. The number of hydrogen-bond donors (Lipinski definition) is 1. The smallest absolute Gasteiger partial charge is 0.133 e. The largest absolute Gasteiger partial charge is 0.313 e. The highest BCUT2D eigenvalue weighted by molar-refractivity contribution is 5.68. The van der Waals surface area contributed by atoms with Gasteiger partial charge in [0.25, 0.3) is 0 Å². The molecule has 0 aromatic heterocycles. The lowest BCUT2D eigenvalue weighted by Gasteiger charge is -2.11. The second-order valence-electron chi connectivity index (χ2n) is 4.53. The van der Waals surface area contributed by atoms with Crippen LogP contribution in [0.5, 0.6) is 0 Å². The maximum Gasteiger partial charge on any atom is 0.133 e. The van der Waals surface area contributed by atoms with E-state index in [4.69, 9.17) is 0 Å². The van der Waals surface area contributed by atoms with Gasteiger partial charge in [-0.25, -0.2) is 8.78 Å². The molecule has 0 spiro atoms. The van der Waals surface area contributed by atoms with Gasteiger partial charge in [0.05, 0.1) is 5.56 Å². The van der Waals surface area contributed by atoms with Crippen molar-refractivity contribution in [2.45, 2.75) is 20.4 Å². The molecule has 0 aliphatic heterocycles. The van der Waals surface area contributed by atoms with Crippen LogP contribution in [0, 0.1) is 18.6 Å². The summed E-state index contributed by atoms with van der Waals surface area (Å²) >= 11 is 0. The minimum absolute atomic E-state index is 0.0509. The first-order valence-corrected chi connectivity index (χ1v) is 6.38. The van der Waals surface area contributed by atoms with Gasteiger partial charge in [-0.2, -0.15) is 0 Å². The molecule has 2 rings (SSSR count). The molecule has 2 aromatic rings. The third kappa shape index (κ3) is 2.99. The monoisotopic (exact) mass is 261 g/mol. The quantitative estimate of drug-likeness (QED) is 0.875. The van der Waals surface area contributed by atoms with Gasteiger partial charge < -0.3 is 5.32 Å². The van der Waals surface area contributed by atoms with Gasteiger partial charge in [0, 0.05) is 6.54 Å². The Morgan fingerprint density at radius 2 is 1.74 bits per heavy atom. The van der Waals surface area contributed by atoms with Crippen LogP contribution in [0.1, 0.15) is 18.1 Å². The van der Waals surface area contributed by atoms with Crippen LogP contribution in [0.15, 0.2) is 36.4 Å². The first-order chi connectivity index (χ1) is 9.13. The zero-order valence-electron chi connectivity index (χ0n) is 11.1. The standard InChI is InChI=1S/C16H17F2N/c1-3-19-10-12-7-8-13(11(2)9-12)16-14(17)5-4-6-15(16)18/h4-9,19H,3,10H2,1-2H3. The number of halogens is 2. The summed E-state index contributed by atoms with van der Waals surface area (Å²) in [6.45, 7) is 5.56. The highest BCUT2D eigenvalue weighted by Crippen LogP contribution is 2.29. The van der Waals surface area contributed by atoms with Crippen molar-refractivity contribution in [1.82, 2.24) is 5.32 Å². The normalized spacial score (nSPS) is 10.7. The molecular weight excluding hydrogens is 244 g/mol. The lowest BCUT2D eigenvalue weighted by Crippen LogP contribution is -2.11. The topological polar surface area (TPSA) is 12.0 Å². The SMILES string of the molecule is CCNCc1ccc(-c2c(F)cccc2F)c(C)c1. The first kappa shape index (κ1) is 13.7. The third-order valence-corrected chi connectivity index (χ3v) is 3.10. The van der Waals surface area contributed by atoms with Crippen molar-refractivity contribution in [2.75, 3.05) is 6.54 Å². The molecule has 0 saturated carbocycles. The summed E-state index contributed by atoms with van der Waals surface area (Å²) in [5.41, 5.74) is 2.64. The van der Waals surface area contributed by atoms with Gasteiger partial charge in [0.1, 0.15) is 11.6 Å². The van der Waals surface area contributed by atoms with Gasteiger partial charge >= 0.3 is 0 Å². The molecule has 2 aromatic carbocycles. The van der Waals surface area contributed by atoms with Crippen LogP contribution in [-0.4, -0.2) is 6.54 Å². The van der Waals surface area contributed by atoms with Gasteiger partial charge in [-0.15, -0.1) is 0 Å². The van der Waals surface area contributed by atoms with Gasteiger partial charge in [0.2, 0.25) is 0 Å². The second-order valence-corrected chi connectivity index (χ2v) is 4.53. The molecule has 1 N–H and O–H groups in total. The summed E-state index contributed by atoms with van der Waals surface area (Å²) in [7, 11) is 0. The van der Waals surface area contributed by atoms with Crippen LogP contribution in [0.3, 0.4) is 0 Å². The lowest BCUT2D eigenvalue weighted by molar-refractivity contribution is 0.589. The summed E-state index contributed by atoms with van der Waals surface area (Å²) in [6, 6.07) is 9.59. The minimum Gasteiger partial charge on any atom is -0.313 e. The van der Waals surface area contributed by atoms with E-state index in [0.29, 0.717) is 5.56 Å². The van der Waals surface area contributed by atoms with E-state index in [1.807, 2.05) is 26.0 Å². The molecule has 0 unspecified atom stereocenters. The molecule has 3 heteroatoms. The third-order valence-electron chi connectivity index (χ3n) is 3.10. The fraction of sp³-hybridized carbons (Fsp3) is 0.250. The molecule has 0 atom stereocenters. The molecule has 0 aliphatic carbocycles. The Bertz CT molecular complexity index is 559. The summed E-state index contributed by atoms with van der Waals surface area (Å²) in [6.07, 6.45) is 0. The molecule has 100 valence electrons. The van der Waals surface area contributed by atoms with Crippen LogP contribution < -0.4 is 5.32 Å². The molecular formula is C16H17F2N. The zero-order valence-corrected chi connectivity index (χ0v) is 11.1. The van der Waals surface area contributed by atoms with Gasteiger partial charge in [0.15, 0.2) is 0 Å². The van der Waals surface area contributed by atoms with Gasteiger partial charge in [-0.1, -0.05) is 31.2 Å². The van der Waals surface area contributed by atoms with E-state index in [2.05, 4.69) is 5.32 Å². The van der Waals surface area contributed by atoms with Gasteiger partial charge in [-0.3, -0.25) is 0 Å². The molecule has 0 fully saturated rings. The molecule has 0 saturated heterocycles. The summed E-state index contributed by atoms with van der Waals surface area (Å²) in [5.74, 6) is -1.05. The number of aryl methyl sites for hydroxylation is 1. The Labute approximate surface area is 112 Å². The molecule has 0 aliphatic rings. The van der Waals surface area contributed by atoms with Crippen LogP contribution in [0.2, 0.25) is 0 Å². The fourth-order valence-corrected chi connectivity index (χ4v) is 2.14. The Balaban J connectivity index is 2.41. The van der Waals surface area contributed by atoms with Crippen LogP contribution in [-0.2, 0) is 6.54 Å². The van der Waals surface area contributed by atoms with Crippen molar-refractivity contribution in [2.24, 2.45) is 0 Å². The van der Waals surface area contributed by atoms with E-state index in [1.165, 1.54) is 18.2 Å². The van der Waals surface area contributed by atoms with Crippen molar-refractivity contribution in [3.8, 4) is 11.1 Å². The Hall–Kier alpha value is -1.74. The average Bonchev–Trinajstić information content (AvgIpc) is 2.38. The Morgan fingerprint density at radius 3 is 2.32 bits per heavy atom. The molecule has 19 heavy (non-hydrogen) atoms. The summed E-state index contributed by atoms with van der Waals surface area (Å²) in [5, 5.41) is 3.23. The van der Waals surface area contributed by atoms with E-state index in [1.54, 1.807) is 6.07 Å². The van der Waals surface area contributed by atoms with Crippen LogP contribution >= 0.6 is 0 Å². The highest BCUT2D eigenvalue weighted by atomic mass is 19.1. The maximum absolute atomic E-state index is 13.8. The number of benzene rings is 2. The Morgan fingerprint density at radius 1 is 1.05 bits per heavy atom. The predicted molar refractivity (Wildman–Crippen MR) is 73.9 cm³/mol. The van der Waals surface area contributed by atoms with E-state index in [9.17, 15) is 8.78 Å². The molecule has 0 radical (unpaired) electrons. The molecule has 0 amide bonds. The number of hydrogen-bond acceptors (Lipinski definition) is 1. The first-order valence-electron chi connectivity index (χ1n) is 6.38. The van der Waals surface area contributed by atoms with Crippen molar-refractivity contribution >= 4 is 0 Å². The summed E-state index contributed by atoms with van der Waals surface area (Å²) < 4.78 is 27.5.